The van der Waals surface area contributed by atoms with Crippen LogP contribution in [0, 0.1) is 0 Å². The Kier molecular flexibility index (Phi) is 4.98. The first-order chi connectivity index (χ1) is 10.1. The molecule has 0 aliphatic rings. The molecule has 1 aromatic carbocycles. The molecule has 2 aromatic rings. The SMILES string of the molecule is CCNC(=O)c1ccc2oc(CCC(=O)OCC)cc2c1. The van der Waals surface area contributed by atoms with Crippen LogP contribution in [-0.4, -0.2) is 25.0 Å². The summed E-state index contributed by atoms with van der Waals surface area (Å²) in [5, 5.41) is 3.62. The number of benzene rings is 1. The zero-order valence-electron chi connectivity index (χ0n) is 12.3. The van der Waals surface area contributed by atoms with Crippen LogP contribution in [0.25, 0.3) is 11.0 Å². The Morgan fingerprint density at radius 3 is 2.76 bits per heavy atom. The van der Waals surface area contributed by atoms with Gasteiger partial charge in [0.25, 0.3) is 5.91 Å². The lowest BCUT2D eigenvalue weighted by molar-refractivity contribution is -0.143. The predicted molar refractivity (Wildman–Crippen MR) is 79.2 cm³/mol. The van der Waals surface area contributed by atoms with Crippen molar-refractivity contribution in [2.75, 3.05) is 13.2 Å². The molecule has 112 valence electrons. The highest BCUT2D eigenvalue weighted by atomic mass is 16.5. The maximum absolute atomic E-state index is 11.8. The number of fused-ring (bicyclic) bond motifs is 1. The zero-order chi connectivity index (χ0) is 15.2. The van der Waals surface area contributed by atoms with E-state index in [1.807, 2.05) is 13.0 Å². The third-order valence-electron chi connectivity index (χ3n) is 3.05. The summed E-state index contributed by atoms with van der Waals surface area (Å²) in [4.78, 5) is 23.1. The molecule has 0 spiro atoms. The molecule has 0 aliphatic heterocycles. The molecule has 0 bridgehead atoms. The number of aryl methyl sites for hydroxylation is 1. The Hall–Kier alpha value is -2.30. The molecule has 0 fully saturated rings. The van der Waals surface area contributed by atoms with E-state index in [9.17, 15) is 9.59 Å². The quantitative estimate of drug-likeness (QED) is 0.830. The van der Waals surface area contributed by atoms with Gasteiger partial charge in [-0.1, -0.05) is 0 Å². The van der Waals surface area contributed by atoms with Crippen molar-refractivity contribution in [2.24, 2.45) is 0 Å². The van der Waals surface area contributed by atoms with Crippen molar-refractivity contribution in [1.82, 2.24) is 5.32 Å². The predicted octanol–water partition coefficient (Wildman–Crippen LogP) is 2.68. The molecule has 0 unspecified atom stereocenters. The second-order valence-electron chi connectivity index (χ2n) is 4.63. The lowest BCUT2D eigenvalue weighted by atomic mass is 10.1. The van der Waals surface area contributed by atoms with Gasteiger partial charge in [-0.3, -0.25) is 9.59 Å². The minimum absolute atomic E-state index is 0.103. The summed E-state index contributed by atoms with van der Waals surface area (Å²) >= 11 is 0. The number of nitrogens with one attached hydrogen (secondary N) is 1. The maximum Gasteiger partial charge on any atom is 0.306 e. The molecule has 0 radical (unpaired) electrons. The second kappa shape index (κ2) is 6.92. The van der Waals surface area contributed by atoms with Gasteiger partial charge in [0.15, 0.2) is 0 Å². The van der Waals surface area contributed by atoms with E-state index >= 15 is 0 Å². The molecular formula is C16H19NO4. The van der Waals surface area contributed by atoms with Gasteiger partial charge in [0.1, 0.15) is 11.3 Å². The number of rotatable bonds is 6. The van der Waals surface area contributed by atoms with Crippen molar-refractivity contribution in [3.8, 4) is 0 Å². The van der Waals surface area contributed by atoms with Crippen LogP contribution in [0.1, 0.15) is 36.4 Å². The van der Waals surface area contributed by atoms with Gasteiger partial charge in [0, 0.05) is 23.9 Å². The molecule has 5 heteroatoms. The number of hydrogen-bond donors (Lipinski definition) is 1. The van der Waals surface area contributed by atoms with Crippen LogP contribution < -0.4 is 5.32 Å². The van der Waals surface area contributed by atoms with Crippen LogP contribution in [0.5, 0.6) is 0 Å². The summed E-state index contributed by atoms with van der Waals surface area (Å²) in [7, 11) is 0. The highest BCUT2D eigenvalue weighted by Crippen LogP contribution is 2.22. The third kappa shape index (κ3) is 3.84. The van der Waals surface area contributed by atoms with Gasteiger partial charge >= 0.3 is 5.97 Å². The number of amides is 1. The average molecular weight is 289 g/mol. The molecular weight excluding hydrogens is 270 g/mol. The molecule has 1 heterocycles. The minimum atomic E-state index is -0.235. The van der Waals surface area contributed by atoms with E-state index in [2.05, 4.69) is 5.32 Å². The van der Waals surface area contributed by atoms with Crippen LogP contribution in [0.15, 0.2) is 28.7 Å². The fourth-order valence-electron chi connectivity index (χ4n) is 2.08. The van der Waals surface area contributed by atoms with Crippen molar-refractivity contribution in [3.63, 3.8) is 0 Å². The fourth-order valence-corrected chi connectivity index (χ4v) is 2.08. The first-order valence-electron chi connectivity index (χ1n) is 7.10. The molecule has 21 heavy (non-hydrogen) atoms. The number of carbonyl (C=O) groups excluding carboxylic acids is 2. The average Bonchev–Trinajstić information content (AvgIpc) is 2.87. The largest absolute Gasteiger partial charge is 0.466 e. The smallest absolute Gasteiger partial charge is 0.306 e. The molecule has 2 rings (SSSR count). The van der Waals surface area contributed by atoms with Gasteiger partial charge in [-0.05, 0) is 38.1 Å². The Morgan fingerprint density at radius 1 is 1.24 bits per heavy atom. The maximum atomic E-state index is 11.8. The van der Waals surface area contributed by atoms with Gasteiger partial charge in [0.2, 0.25) is 0 Å². The number of hydrogen-bond acceptors (Lipinski definition) is 4. The molecule has 1 N–H and O–H groups in total. The summed E-state index contributed by atoms with van der Waals surface area (Å²) in [6.07, 6.45) is 0.779. The van der Waals surface area contributed by atoms with Crippen molar-refractivity contribution >= 4 is 22.8 Å². The Bertz CT molecular complexity index is 645. The van der Waals surface area contributed by atoms with Gasteiger partial charge in [0.05, 0.1) is 13.0 Å². The van der Waals surface area contributed by atoms with Crippen LogP contribution in [0.4, 0.5) is 0 Å². The molecule has 0 aliphatic carbocycles. The van der Waals surface area contributed by atoms with Gasteiger partial charge in [-0.2, -0.15) is 0 Å². The van der Waals surface area contributed by atoms with E-state index in [-0.39, 0.29) is 18.3 Å². The van der Waals surface area contributed by atoms with Crippen LogP contribution in [-0.2, 0) is 16.0 Å². The number of carbonyl (C=O) groups is 2. The standard InChI is InChI=1S/C16H19NO4/c1-3-17-16(19)11-5-7-14-12(9-11)10-13(21-14)6-8-15(18)20-4-2/h5,7,9-10H,3-4,6,8H2,1-2H3,(H,17,19). The molecule has 5 nitrogen and oxygen atoms in total. The summed E-state index contributed by atoms with van der Waals surface area (Å²) in [6, 6.07) is 7.15. The number of esters is 1. The first kappa shape index (κ1) is 15.1. The summed E-state index contributed by atoms with van der Waals surface area (Å²) in [5.74, 6) is 0.376. The summed E-state index contributed by atoms with van der Waals surface area (Å²) in [5.41, 5.74) is 1.31. The summed E-state index contributed by atoms with van der Waals surface area (Å²) in [6.45, 7) is 4.63. The number of furan rings is 1. The Labute approximate surface area is 123 Å². The fraction of sp³-hybridized carbons (Fsp3) is 0.375. The van der Waals surface area contributed by atoms with Gasteiger partial charge < -0.3 is 14.5 Å². The number of ether oxygens (including phenoxy) is 1. The van der Waals surface area contributed by atoms with Crippen LogP contribution >= 0.6 is 0 Å². The Morgan fingerprint density at radius 2 is 2.05 bits per heavy atom. The topological polar surface area (TPSA) is 68.5 Å². The monoisotopic (exact) mass is 289 g/mol. The van der Waals surface area contributed by atoms with E-state index in [1.165, 1.54) is 0 Å². The van der Waals surface area contributed by atoms with Crippen LogP contribution in [0.2, 0.25) is 0 Å². The highest BCUT2D eigenvalue weighted by molar-refractivity contribution is 5.97. The van der Waals surface area contributed by atoms with E-state index < -0.39 is 0 Å². The third-order valence-corrected chi connectivity index (χ3v) is 3.05. The minimum Gasteiger partial charge on any atom is -0.466 e. The summed E-state index contributed by atoms with van der Waals surface area (Å²) < 4.78 is 10.5. The Balaban J connectivity index is 2.10. The molecule has 0 atom stereocenters. The molecule has 1 amide bonds. The van der Waals surface area contributed by atoms with E-state index in [0.717, 1.165) is 5.39 Å². The lowest BCUT2D eigenvalue weighted by Crippen LogP contribution is -2.22. The normalized spacial score (nSPS) is 10.6. The highest BCUT2D eigenvalue weighted by Gasteiger charge is 2.10. The van der Waals surface area contributed by atoms with Crippen molar-refractivity contribution < 1.29 is 18.7 Å². The van der Waals surface area contributed by atoms with Gasteiger partial charge in [-0.15, -0.1) is 0 Å². The first-order valence-corrected chi connectivity index (χ1v) is 7.10. The lowest BCUT2D eigenvalue weighted by Gasteiger charge is -2.01. The van der Waals surface area contributed by atoms with E-state index in [1.54, 1.807) is 25.1 Å². The van der Waals surface area contributed by atoms with Crippen molar-refractivity contribution in [1.29, 1.82) is 0 Å². The van der Waals surface area contributed by atoms with E-state index in [4.69, 9.17) is 9.15 Å². The van der Waals surface area contributed by atoms with Crippen molar-refractivity contribution in [2.45, 2.75) is 26.7 Å². The zero-order valence-corrected chi connectivity index (χ0v) is 12.3. The van der Waals surface area contributed by atoms with E-state index in [0.29, 0.717) is 36.5 Å². The molecule has 0 saturated heterocycles. The second-order valence-corrected chi connectivity index (χ2v) is 4.63. The molecule has 0 saturated carbocycles. The van der Waals surface area contributed by atoms with Crippen LogP contribution in [0.3, 0.4) is 0 Å². The molecule has 1 aromatic heterocycles. The van der Waals surface area contributed by atoms with Gasteiger partial charge in [-0.25, -0.2) is 0 Å². The van der Waals surface area contributed by atoms with Crippen molar-refractivity contribution in [3.05, 3.63) is 35.6 Å².